The molecule has 0 fully saturated rings. The molecule has 1 aliphatic heterocycles. The second-order valence-electron chi connectivity index (χ2n) is 5.82. The van der Waals surface area contributed by atoms with Crippen LogP contribution in [0.25, 0.3) is 0 Å². The number of rotatable bonds is 2. The average molecular weight is 228 g/mol. The van der Waals surface area contributed by atoms with Crippen molar-refractivity contribution in [3.63, 3.8) is 0 Å². The lowest BCUT2D eigenvalue weighted by molar-refractivity contribution is 0.234. The van der Waals surface area contributed by atoms with Crippen molar-refractivity contribution in [3.05, 3.63) is 35.4 Å². The first-order chi connectivity index (χ1) is 8.25. The van der Waals surface area contributed by atoms with E-state index in [1.807, 2.05) is 6.34 Å². The Morgan fingerprint density at radius 2 is 2.18 bits per heavy atom. The summed E-state index contributed by atoms with van der Waals surface area (Å²) in [7, 11) is 0. The molecule has 90 valence electrons. The highest BCUT2D eigenvalue weighted by Crippen LogP contribution is 2.38. The Bertz CT molecular complexity index is 430. The lowest BCUT2D eigenvalue weighted by Gasteiger charge is -2.36. The molecule has 2 atom stereocenters. The zero-order chi connectivity index (χ0) is 11.7. The highest BCUT2D eigenvalue weighted by molar-refractivity contribution is 5.57. The molecule has 0 spiro atoms. The molecule has 1 aromatic rings. The molecule has 0 saturated heterocycles. The SMILES string of the molecule is C[C@@]1(C[C@H]2CN=CN2)CCc2ccccc2C1. The molecule has 0 bridgehead atoms. The molecule has 0 radical (unpaired) electrons. The van der Waals surface area contributed by atoms with Gasteiger partial charge < -0.3 is 5.32 Å². The minimum Gasteiger partial charge on any atom is -0.372 e. The number of nitrogens with zero attached hydrogens (tertiary/aromatic N) is 1. The largest absolute Gasteiger partial charge is 0.372 e. The van der Waals surface area contributed by atoms with Crippen molar-refractivity contribution < 1.29 is 0 Å². The van der Waals surface area contributed by atoms with Crippen LogP contribution in [0.5, 0.6) is 0 Å². The fourth-order valence-electron chi connectivity index (χ4n) is 3.24. The summed E-state index contributed by atoms with van der Waals surface area (Å²) in [5.41, 5.74) is 3.56. The molecular weight excluding hydrogens is 208 g/mol. The third-order valence-electron chi connectivity index (χ3n) is 4.20. The van der Waals surface area contributed by atoms with E-state index in [0.717, 1.165) is 6.54 Å². The van der Waals surface area contributed by atoms with Crippen LogP contribution < -0.4 is 5.32 Å². The van der Waals surface area contributed by atoms with Crippen molar-refractivity contribution in [1.29, 1.82) is 0 Å². The van der Waals surface area contributed by atoms with Gasteiger partial charge in [0.2, 0.25) is 0 Å². The molecule has 0 saturated carbocycles. The van der Waals surface area contributed by atoms with E-state index in [-0.39, 0.29) is 0 Å². The fourth-order valence-corrected chi connectivity index (χ4v) is 3.24. The lowest BCUT2D eigenvalue weighted by atomic mass is 9.69. The number of nitrogens with one attached hydrogen (secondary N) is 1. The Balaban J connectivity index is 1.73. The van der Waals surface area contributed by atoms with Crippen LogP contribution in [0, 0.1) is 5.41 Å². The van der Waals surface area contributed by atoms with E-state index in [0.29, 0.717) is 11.5 Å². The maximum Gasteiger partial charge on any atom is 0.0827 e. The van der Waals surface area contributed by atoms with E-state index < -0.39 is 0 Å². The van der Waals surface area contributed by atoms with E-state index >= 15 is 0 Å². The number of fused-ring (bicyclic) bond motifs is 1. The van der Waals surface area contributed by atoms with Gasteiger partial charge in [-0.15, -0.1) is 0 Å². The number of hydrogen-bond acceptors (Lipinski definition) is 2. The molecule has 0 aromatic heterocycles. The first-order valence-corrected chi connectivity index (χ1v) is 6.56. The van der Waals surface area contributed by atoms with Gasteiger partial charge in [0.15, 0.2) is 0 Å². The van der Waals surface area contributed by atoms with Gasteiger partial charge in [-0.25, -0.2) is 0 Å². The van der Waals surface area contributed by atoms with E-state index in [9.17, 15) is 0 Å². The maximum atomic E-state index is 4.27. The van der Waals surface area contributed by atoms with Gasteiger partial charge in [-0.1, -0.05) is 31.2 Å². The van der Waals surface area contributed by atoms with Crippen molar-refractivity contribution in [3.8, 4) is 0 Å². The molecule has 1 heterocycles. The van der Waals surface area contributed by atoms with Gasteiger partial charge in [0.25, 0.3) is 0 Å². The molecule has 2 aliphatic rings. The summed E-state index contributed by atoms with van der Waals surface area (Å²) in [5, 5.41) is 3.36. The molecule has 3 rings (SSSR count). The quantitative estimate of drug-likeness (QED) is 0.826. The van der Waals surface area contributed by atoms with Crippen LogP contribution in [-0.2, 0) is 12.8 Å². The Labute approximate surface area is 103 Å². The minimum atomic E-state index is 0.444. The van der Waals surface area contributed by atoms with Gasteiger partial charge in [0, 0.05) is 6.04 Å². The lowest BCUT2D eigenvalue weighted by Crippen LogP contribution is -2.35. The molecular formula is C15H20N2. The van der Waals surface area contributed by atoms with Gasteiger partial charge >= 0.3 is 0 Å². The molecule has 1 aliphatic carbocycles. The van der Waals surface area contributed by atoms with Crippen LogP contribution in [0.1, 0.15) is 30.9 Å². The summed E-state index contributed by atoms with van der Waals surface area (Å²) in [6, 6.07) is 9.47. The third kappa shape index (κ3) is 2.21. The van der Waals surface area contributed by atoms with E-state index in [1.165, 1.54) is 25.7 Å². The van der Waals surface area contributed by atoms with E-state index in [4.69, 9.17) is 0 Å². The maximum absolute atomic E-state index is 4.27. The topological polar surface area (TPSA) is 24.4 Å². The summed E-state index contributed by atoms with van der Waals surface area (Å²) in [5.74, 6) is 0. The molecule has 2 heteroatoms. The van der Waals surface area contributed by atoms with Crippen molar-refractivity contribution >= 4 is 6.34 Å². The summed E-state index contributed by atoms with van der Waals surface area (Å²) in [6.45, 7) is 3.39. The molecule has 1 N–H and O–H groups in total. The highest BCUT2D eigenvalue weighted by atomic mass is 15.1. The molecule has 2 nitrogen and oxygen atoms in total. The van der Waals surface area contributed by atoms with Crippen LogP contribution >= 0.6 is 0 Å². The van der Waals surface area contributed by atoms with Crippen LogP contribution in [0.4, 0.5) is 0 Å². The predicted octanol–water partition coefficient (Wildman–Crippen LogP) is 2.57. The Hall–Kier alpha value is -1.31. The van der Waals surface area contributed by atoms with Crippen LogP contribution in [0.3, 0.4) is 0 Å². The van der Waals surface area contributed by atoms with Crippen LogP contribution in [-0.4, -0.2) is 18.9 Å². The molecule has 0 amide bonds. The summed E-state index contributed by atoms with van der Waals surface area (Å²) in [6.07, 6.45) is 6.87. The fraction of sp³-hybridized carbons (Fsp3) is 0.533. The average Bonchev–Trinajstić information content (AvgIpc) is 2.81. The minimum absolute atomic E-state index is 0.444. The van der Waals surface area contributed by atoms with E-state index in [2.05, 4.69) is 41.5 Å². The van der Waals surface area contributed by atoms with Gasteiger partial charge in [-0.05, 0) is 42.2 Å². The van der Waals surface area contributed by atoms with Crippen molar-refractivity contribution in [1.82, 2.24) is 5.32 Å². The summed E-state index contributed by atoms with van der Waals surface area (Å²) in [4.78, 5) is 4.27. The number of aryl methyl sites for hydroxylation is 1. The molecule has 1 aromatic carbocycles. The zero-order valence-corrected chi connectivity index (χ0v) is 10.4. The second kappa shape index (κ2) is 4.17. The van der Waals surface area contributed by atoms with Crippen LogP contribution in [0.15, 0.2) is 29.3 Å². The first-order valence-electron chi connectivity index (χ1n) is 6.56. The second-order valence-corrected chi connectivity index (χ2v) is 5.82. The Morgan fingerprint density at radius 3 is 2.94 bits per heavy atom. The number of aliphatic imine (C=N–C) groups is 1. The van der Waals surface area contributed by atoms with Gasteiger partial charge in [0.1, 0.15) is 0 Å². The summed E-state index contributed by atoms with van der Waals surface area (Å²) >= 11 is 0. The monoisotopic (exact) mass is 228 g/mol. The van der Waals surface area contributed by atoms with Crippen molar-refractivity contribution in [2.75, 3.05) is 6.54 Å². The smallest absolute Gasteiger partial charge is 0.0827 e. The standard InChI is InChI=1S/C15H20N2/c1-15(9-14-10-16-11-17-14)7-6-12-4-2-3-5-13(12)8-15/h2-5,11,14H,6-10H2,1H3,(H,16,17)/t14-,15+/m0/s1. The van der Waals surface area contributed by atoms with E-state index in [1.54, 1.807) is 11.1 Å². The Morgan fingerprint density at radius 1 is 1.35 bits per heavy atom. The normalized spacial score (nSPS) is 31.0. The van der Waals surface area contributed by atoms with Gasteiger partial charge in [-0.3, -0.25) is 4.99 Å². The highest BCUT2D eigenvalue weighted by Gasteiger charge is 2.32. The number of benzene rings is 1. The van der Waals surface area contributed by atoms with Crippen molar-refractivity contribution in [2.45, 2.75) is 38.6 Å². The van der Waals surface area contributed by atoms with Gasteiger partial charge in [0.05, 0.1) is 12.9 Å². The Kier molecular flexibility index (Phi) is 2.65. The summed E-state index contributed by atoms with van der Waals surface area (Å²) < 4.78 is 0. The molecule has 0 unspecified atom stereocenters. The zero-order valence-electron chi connectivity index (χ0n) is 10.4. The predicted molar refractivity (Wildman–Crippen MR) is 71.5 cm³/mol. The molecule has 17 heavy (non-hydrogen) atoms. The number of hydrogen-bond donors (Lipinski definition) is 1. The third-order valence-corrected chi connectivity index (χ3v) is 4.20. The van der Waals surface area contributed by atoms with Crippen molar-refractivity contribution in [2.24, 2.45) is 10.4 Å². The first kappa shape index (κ1) is 10.8. The van der Waals surface area contributed by atoms with Crippen LogP contribution in [0.2, 0.25) is 0 Å². The van der Waals surface area contributed by atoms with Gasteiger partial charge in [-0.2, -0.15) is 0 Å².